The number of pyridine rings is 1. The minimum atomic E-state index is -0.985. The standard InChI is InChI=1S/C21H21F2N3O2/c22-18-6-3-4-14(20(18)23)10-19(27)25-11-15-7-8-17(13-25)26(21(15)28)12-16-5-1-2-9-24-16/h1-6,9,15,17H,7-8,10-13H2/t15-,17+/m0/s1. The number of rotatable bonds is 4. The second kappa shape index (κ2) is 7.66. The normalized spacial score (nSPS) is 21.7. The quantitative estimate of drug-likeness (QED) is 0.813. The number of fused-ring (bicyclic) bond motifs is 4. The number of piperidine rings is 1. The Morgan fingerprint density at radius 1 is 1.11 bits per heavy atom. The number of aromatic nitrogens is 1. The van der Waals surface area contributed by atoms with E-state index in [0.717, 1.165) is 24.6 Å². The van der Waals surface area contributed by atoms with Crippen LogP contribution >= 0.6 is 0 Å². The first-order valence-electron chi connectivity index (χ1n) is 9.44. The highest BCUT2D eigenvalue weighted by molar-refractivity contribution is 5.84. The molecule has 7 heteroatoms. The molecule has 2 amide bonds. The Balaban J connectivity index is 1.50. The van der Waals surface area contributed by atoms with Crippen LogP contribution in [0.1, 0.15) is 24.1 Å². The number of carbonyl (C=O) groups excluding carboxylic acids is 2. The average molecular weight is 385 g/mol. The lowest BCUT2D eigenvalue weighted by molar-refractivity contribution is -0.140. The molecule has 3 aliphatic rings. The van der Waals surface area contributed by atoms with Crippen LogP contribution in [0.15, 0.2) is 42.6 Å². The van der Waals surface area contributed by atoms with E-state index in [4.69, 9.17) is 0 Å². The molecular formula is C21H21F2N3O2. The van der Waals surface area contributed by atoms with Crippen LogP contribution in [-0.4, -0.2) is 45.7 Å². The molecule has 0 saturated carbocycles. The van der Waals surface area contributed by atoms with Gasteiger partial charge in [-0.05, 0) is 31.0 Å². The SMILES string of the molecule is O=C(Cc1cccc(F)c1F)N1C[C@@H]2CC[C@H](C1)N(Cc1ccccn1)C2=O. The summed E-state index contributed by atoms with van der Waals surface area (Å²) in [5, 5.41) is 0. The van der Waals surface area contributed by atoms with Crippen LogP contribution in [0.4, 0.5) is 8.78 Å². The summed E-state index contributed by atoms with van der Waals surface area (Å²) in [4.78, 5) is 33.4. The zero-order valence-corrected chi connectivity index (χ0v) is 15.4. The van der Waals surface area contributed by atoms with Crippen molar-refractivity contribution in [3.05, 3.63) is 65.5 Å². The van der Waals surface area contributed by atoms with Crippen LogP contribution in [-0.2, 0) is 22.6 Å². The monoisotopic (exact) mass is 385 g/mol. The maximum Gasteiger partial charge on any atom is 0.228 e. The van der Waals surface area contributed by atoms with Crippen molar-refractivity contribution in [2.24, 2.45) is 5.92 Å². The molecule has 2 aromatic rings. The minimum absolute atomic E-state index is 0.0362. The zero-order chi connectivity index (χ0) is 19.7. The van der Waals surface area contributed by atoms with Crippen LogP contribution < -0.4 is 0 Å². The molecule has 4 heterocycles. The fourth-order valence-corrected chi connectivity index (χ4v) is 4.08. The van der Waals surface area contributed by atoms with Gasteiger partial charge < -0.3 is 9.80 Å². The summed E-state index contributed by atoms with van der Waals surface area (Å²) in [6, 6.07) is 9.34. The summed E-state index contributed by atoms with van der Waals surface area (Å²) in [5.41, 5.74) is 0.848. The van der Waals surface area contributed by atoms with Gasteiger partial charge in [-0.15, -0.1) is 0 Å². The number of carbonyl (C=O) groups is 2. The maximum absolute atomic E-state index is 13.9. The highest BCUT2D eigenvalue weighted by atomic mass is 19.2. The van der Waals surface area contributed by atoms with Gasteiger partial charge in [-0.3, -0.25) is 14.6 Å². The largest absolute Gasteiger partial charge is 0.340 e. The van der Waals surface area contributed by atoms with E-state index in [-0.39, 0.29) is 35.8 Å². The molecule has 28 heavy (non-hydrogen) atoms. The van der Waals surface area contributed by atoms with E-state index >= 15 is 0 Å². The van der Waals surface area contributed by atoms with E-state index in [1.54, 1.807) is 11.1 Å². The number of halogens is 2. The Bertz CT molecular complexity index is 890. The van der Waals surface area contributed by atoms with Crippen molar-refractivity contribution < 1.29 is 18.4 Å². The average Bonchev–Trinajstić information content (AvgIpc) is 2.99. The predicted octanol–water partition coefficient (Wildman–Crippen LogP) is 2.55. The highest BCUT2D eigenvalue weighted by Crippen LogP contribution is 2.30. The van der Waals surface area contributed by atoms with E-state index in [9.17, 15) is 18.4 Å². The molecular weight excluding hydrogens is 364 g/mol. The molecule has 2 bridgehead atoms. The number of hydrogen-bond acceptors (Lipinski definition) is 3. The number of amides is 2. The smallest absolute Gasteiger partial charge is 0.228 e. The molecule has 1 aromatic carbocycles. The van der Waals surface area contributed by atoms with Gasteiger partial charge in [0.25, 0.3) is 0 Å². The first kappa shape index (κ1) is 18.5. The van der Waals surface area contributed by atoms with Crippen molar-refractivity contribution in [1.82, 2.24) is 14.8 Å². The molecule has 5 nitrogen and oxygen atoms in total. The molecule has 0 unspecified atom stereocenters. The molecule has 3 saturated heterocycles. The zero-order valence-electron chi connectivity index (χ0n) is 15.4. The Labute approximate surface area is 162 Å². The molecule has 0 spiro atoms. The summed E-state index contributed by atoms with van der Waals surface area (Å²) in [6.07, 6.45) is 3.04. The van der Waals surface area contributed by atoms with Crippen molar-refractivity contribution in [2.45, 2.75) is 31.8 Å². The van der Waals surface area contributed by atoms with Crippen molar-refractivity contribution in [3.8, 4) is 0 Å². The van der Waals surface area contributed by atoms with Crippen LogP contribution in [0.3, 0.4) is 0 Å². The fraction of sp³-hybridized carbons (Fsp3) is 0.381. The molecule has 5 rings (SSSR count). The van der Waals surface area contributed by atoms with Crippen molar-refractivity contribution in [2.75, 3.05) is 13.1 Å². The van der Waals surface area contributed by atoms with Gasteiger partial charge in [0, 0.05) is 30.9 Å². The van der Waals surface area contributed by atoms with Gasteiger partial charge >= 0.3 is 0 Å². The summed E-state index contributed by atoms with van der Waals surface area (Å²) in [6.45, 7) is 1.15. The fourth-order valence-electron chi connectivity index (χ4n) is 4.08. The Morgan fingerprint density at radius 3 is 2.75 bits per heavy atom. The number of hydrogen-bond donors (Lipinski definition) is 0. The molecule has 1 aromatic heterocycles. The van der Waals surface area contributed by atoms with E-state index in [2.05, 4.69) is 4.98 Å². The van der Waals surface area contributed by atoms with Crippen molar-refractivity contribution in [3.63, 3.8) is 0 Å². The summed E-state index contributed by atoms with van der Waals surface area (Å²) in [7, 11) is 0. The van der Waals surface area contributed by atoms with E-state index in [1.165, 1.54) is 12.1 Å². The molecule has 0 radical (unpaired) electrons. The van der Waals surface area contributed by atoms with Crippen molar-refractivity contribution in [1.29, 1.82) is 0 Å². The third-order valence-corrected chi connectivity index (χ3v) is 5.58. The maximum atomic E-state index is 13.9. The number of nitrogens with zero attached hydrogens (tertiary/aromatic N) is 3. The third-order valence-electron chi connectivity index (χ3n) is 5.58. The predicted molar refractivity (Wildman–Crippen MR) is 97.9 cm³/mol. The third kappa shape index (κ3) is 3.61. The van der Waals surface area contributed by atoms with Crippen LogP contribution in [0, 0.1) is 17.6 Å². The van der Waals surface area contributed by atoms with Gasteiger partial charge in [0.15, 0.2) is 11.6 Å². The van der Waals surface area contributed by atoms with E-state index < -0.39 is 11.6 Å². The van der Waals surface area contributed by atoms with Gasteiger partial charge in [-0.25, -0.2) is 8.78 Å². The van der Waals surface area contributed by atoms with Crippen LogP contribution in [0.2, 0.25) is 0 Å². The molecule has 0 N–H and O–H groups in total. The Hall–Kier alpha value is -2.83. The van der Waals surface area contributed by atoms with Gasteiger partial charge in [-0.1, -0.05) is 18.2 Å². The number of benzene rings is 1. The lowest BCUT2D eigenvalue weighted by Gasteiger charge is -2.35. The second-order valence-electron chi connectivity index (χ2n) is 7.40. The van der Waals surface area contributed by atoms with Crippen molar-refractivity contribution >= 4 is 11.8 Å². The van der Waals surface area contributed by atoms with E-state index in [0.29, 0.717) is 19.6 Å². The van der Waals surface area contributed by atoms with Gasteiger partial charge in [-0.2, -0.15) is 0 Å². The minimum Gasteiger partial charge on any atom is -0.340 e. The second-order valence-corrected chi connectivity index (χ2v) is 7.40. The topological polar surface area (TPSA) is 53.5 Å². The molecule has 2 atom stereocenters. The van der Waals surface area contributed by atoms with E-state index in [1.807, 2.05) is 23.1 Å². The van der Waals surface area contributed by atoms with Gasteiger partial charge in [0.05, 0.1) is 24.6 Å². The molecule has 3 aliphatic heterocycles. The van der Waals surface area contributed by atoms with Gasteiger partial charge in [0.2, 0.25) is 11.8 Å². The molecule has 0 aliphatic carbocycles. The molecule has 3 fully saturated rings. The summed E-state index contributed by atoms with van der Waals surface area (Å²) >= 11 is 0. The first-order valence-corrected chi connectivity index (χ1v) is 9.44. The lowest BCUT2D eigenvalue weighted by Crippen LogP contribution is -2.47. The van der Waals surface area contributed by atoms with Gasteiger partial charge in [0.1, 0.15) is 0 Å². The summed E-state index contributed by atoms with van der Waals surface area (Å²) < 4.78 is 27.3. The summed E-state index contributed by atoms with van der Waals surface area (Å²) in [5.74, 6) is -2.45. The van der Waals surface area contributed by atoms with Crippen LogP contribution in [0.25, 0.3) is 0 Å². The Kier molecular flexibility index (Phi) is 5.07. The molecule has 146 valence electrons. The van der Waals surface area contributed by atoms with Crippen LogP contribution in [0.5, 0.6) is 0 Å². The first-order chi connectivity index (χ1) is 13.5. The lowest BCUT2D eigenvalue weighted by atomic mass is 9.94. The Morgan fingerprint density at radius 2 is 1.96 bits per heavy atom. The highest BCUT2D eigenvalue weighted by Gasteiger charge is 2.41.